The molecule has 3 amide bonds. The number of likely N-dealkylation sites (tertiary alicyclic amines) is 1. The molecule has 1 heterocycles. The molecule has 2 fully saturated rings. The maximum atomic E-state index is 12.8. The van der Waals surface area contributed by atoms with Crippen molar-refractivity contribution >= 4 is 23.4 Å². The molecule has 3 atom stereocenters. The van der Waals surface area contributed by atoms with Crippen LogP contribution in [-0.2, 0) is 9.59 Å². The topological polar surface area (TPSA) is 78.5 Å². The summed E-state index contributed by atoms with van der Waals surface area (Å²) in [6.07, 6.45) is 3.50. The van der Waals surface area contributed by atoms with Crippen LogP contribution in [0.25, 0.3) is 0 Å². The Bertz CT molecular complexity index is 671. The second kappa shape index (κ2) is 7.25. The van der Waals surface area contributed by atoms with Crippen LogP contribution in [0.1, 0.15) is 43.0 Å². The highest BCUT2D eigenvalue weighted by Crippen LogP contribution is 2.38. The largest absolute Gasteiger partial charge is 0.357 e. The highest BCUT2D eigenvalue weighted by molar-refractivity contribution is 5.99. The van der Waals surface area contributed by atoms with Gasteiger partial charge in [-0.2, -0.15) is 0 Å². The smallest absolute Gasteiger partial charge is 0.254 e. The summed E-state index contributed by atoms with van der Waals surface area (Å²) in [6, 6.07) is 6.52. The number of carbonyl (C=O) groups excluding carboxylic acids is 3. The van der Waals surface area contributed by atoms with E-state index in [1.54, 1.807) is 36.2 Å². The van der Waals surface area contributed by atoms with Crippen molar-refractivity contribution < 1.29 is 14.4 Å². The maximum absolute atomic E-state index is 12.8. The molecule has 25 heavy (non-hydrogen) atoms. The minimum atomic E-state index is -0.401. The van der Waals surface area contributed by atoms with Gasteiger partial charge in [0.15, 0.2) is 0 Å². The van der Waals surface area contributed by atoms with Gasteiger partial charge in [-0.05, 0) is 55.9 Å². The SMILES string of the molecule is CNC(=O)[C@@H]1CCCCN1C(=O)c1ccc(NC(=O)[C@@H]2C[C@H]2C)cc1. The van der Waals surface area contributed by atoms with Crippen LogP contribution in [0.5, 0.6) is 0 Å². The van der Waals surface area contributed by atoms with Crippen LogP contribution in [0.3, 0.4) is 0 Å². The van der Waals surface area contributed by atoms with E-state index < -0.39 is 6.04 Å². The molecule has 3 rings (SSSR count). The molecule has 2 aliphatic rings. The minimum Gasteiger partial charge on any atom is -0.357 e. The molecule has 1 aliphatic heterocycles. The molecule has 6 nitrogen and oxygen atoms in total. The molecule has 0 bridgehead atoms. The first-order valence-corrected chi connectivity index (χ1v) is 8.94. The summed E-state index contributed by atoms with van der Waals surface area (Å²) in [4.78, 5) is 38.4. The molecule has 0 radical (unpaired) electrons. The van der Waals surface area contributed by atoms with Crippen molar-refractivity contribution in [2.45, 2.75) is 38.6 Å². The van der Waals surface area contributed by atoms with Crippen LogP contribution in [0.15, 0.2) is 24.3 Å². The number of carbonyl (C=O) groups is 3. The Morgan fingerprint density at radius 2 is 1.76 bits per heavy atom. The van der Waals surface area contributed by atoms with Crippen molar-refractivity contribution in [3.05, 3.63) is 29.8 Å². The number of hydrogen-bond acceptors (Lipinski definition) is 3. The summed E-state index contributed by atoms with van der Waals surface area (Å²) in [5, 5.41) is 5.53. The molecule has 6 heteroatoms. The molecule has 0 spiro atoms. The summed E-state index contributed by atoms with van der Waals surface area (Å²) < 4.78 is 0. The zero-order chi connectivity index (χ0) is 18.0. The van der Waals surface area contributed by atoms with E-state index >= 15 is 0 Å². The Labute approximate surface area is 148 Å². The Morgan fingerprint density at radius 3 is 2.36 bits per heavy atom. The van der Waals surface area contributed by atoms with Crippen molar-refractivity contribution in [3.63, 3.8) is 0 Å². The van der Waals surface area contributed by atoms with Crippen LogP contribution in [0.2, 0.25) is 0 Å². The number of benzene rings is 1. The van der Waals surface area contributed by atoms with Crippen LogP contribution in [0, 0.1) is 11.8 Å². The lowest BCUT2D eigenvalue weighted by atomic mass is 10.00. The molecular weight excluding hydrogens is 318 g/mol. The Morgan fingerprint density at radius 1 is 1.08 bits per heavy atom. The molecule has 1 saturated heterocycles. The highest BCUT2D eigenvalue weighted by atomic mass is 16.2. The molecular formula is C19H25N3O3. The average Bonchev–Trinajstić information content (AvgIpc) is 3.38. The van der Waals surface area contributed by atoms with Gasteiger partial charge in [0.1, 0.15) is 6.04 Å². The normalized spacial score (nSPS) is 25.2. The van der Waals surface area contributed by atoms with Gasteiger partial charge in [0.2, 0.25) is 11.8 Å². The van der Waals surface area contributed by atoms with Crippen LogP contribution >= 0.6 is 0 Å². The number of piperidine rings is 1. The lowest BCUT2D eigenvalue weighted by molar-refractivity contribution is -0.126. The van der Waals surface area contributed by atoms with Crippen molar-refractivity contribution in [1.82, 2.24) is 10.2 Å². The molecule has 1 saturated carbocycles. The predicted octanol–water partition coefficient (Wildman–Crippen LogP) is 2.02. The lowest BCUT2D eigenvalue weighted by Crippen LogP contribution is -2.51. The van der Waals surface area contributed by atoms with Gasteiger partial charge >= 0.3 is 0 Å². The van der Waals surface area contributed by atoms with E-state index in [9.17, 15) is 14.4 Å². The monoisotopic (exact) mass is 343 g/mol. The van der Waals surface area contributed by atoms with Crippen LogP contribution in [-0.4, -0.2) is 42.3 Å². The van der Waals surface area contributed by atoms with Crippen molar-refractivity contribution in [2.24, 2.45) is 11.8 Å². The first-order chi connectivity index (χ1) is 12.0. The Kier molecular flexibility index (Phi) is 5.06. The Balaban J connectivity index is 1.67. The van der Waals surface area contributed by atoms with Gasteiger partial charge in [-0.3, -0.25) is 14.4 Å². The summed E-state index contributed by atoms with van der Waals surface area (Å²) in [5.74, 6) is 0.365. The third kappa shape index (κ3) is 3.83. The third-order valence-corrected chi connectivity index (χ3v) is 5.16. The fourth-order valence-corrected chi connectivity index (χ4v) is 3.40. The van der Waals surface area contributed by atoms with Crippen LogP contribution < -0.4 is 10.6 Å². The quantitative estimate of drug-likeness (QED) is 0.878. The first kappa shape index (κ1) is 17.5. The lowest BCUT2D eigenvalue weighted by Gasteiger charge is -2.34. The summed E-state index contributed by atoms with van der Waals surface area (Å²) in [7, 11) is 1.60. The zero-order valence-electron chi connectivity index (χ0n) is 14.7. The fourth-order valence-electron chi connectivity index (χ4n) is 3.40. The first-order valence-electron chi connectivity index (χ1n) is 8.94. The van der Waals surface area contributed by atoms with Crippen molar-refractivity contribution in [3.8, 4) is 0 Å². The van der Waals surface area contributed by atoms with E-state index in [0.717, 1.165) is 19.3 Å². The second-order valence-corrected chi connectivity index (χ2v) is 7.01. The van der Waals surface area contributed by atoms with Gasteiger partial charge < -0.3 is 15.5 Å². The number of likely N-dealkylation sites (N-methyl/N-ethyl adjacent to an activating group) is 1. The standard InChI is InChI=1S/C19H25N3O3/c1-12-11-15(12)17(23)21-14-8-6-13(7-9-14)19(25)22-10-4-3-5-16(22)18(24)20-2/h6-9,12,15-16H,3-5,10-11H2,1-2H3,(H,20,24)(H,21,23)/t12-,15-,16+/m1/s1. The van der Waals surface area contributed by atoms with Crippen molar-refractivity contribution in [2.75, 3.05) is 18.9 Å². The van der Waals surface area contributed by atoms with Crippen LogP contribution in [0.4, 0.5) is 5.69 Å². The molecule has 2 N–H and O–H groups in total. The number of amides is 3. The minimum absolute atomic E-state index is 0.0438. The van der Waals surface area contributed by atoms with E-state index in [1.807, 2.05) is 0 Å². The number of nitrogens with zero attached hydrogens (tertiary/aromatic N) is 1. The van der Waals surface area contributed by atoms with Gasteiger partial charge in [0.25, 0.3) is 5.91 Å². The van der Waals surface area contributed by atoms with Gasteiger partial charge in [0.05, 0.1) is 0 Å². The number of nitrogens with one attached hydrogen (secondary N) is 2. The van der Waals surface area contributed by atoms with Gasteiger partial charge in [-0.25, -0.2) is 0 Å². The van der Waals surface area contributed by atoms with E-state index in [0.29, 0.717) is 30.1 Å². The molecule has 134 valence electrons. The van der Waals surface area contributed by atoms with Gasteiger partial charge in [-0.1, -0.05) is 6.92 Å². The molecule has 0 aromatic heterocycles. The van der Waals surface area contributed by atoms with E-state index in [1.165, 1.54) is 0 Å². The predicted molar refractivity (Wildman–Crippen MR) is 95.1 cm³/mol. The molecule has 0 unspecified atom stereocenters. The Hall–Kier alpha value is -2.37. The maximum Gasteiger partial charge on any atom is 0.254 e. The molecule has 1 aliphatic carbocycles. The summed E-state index contributed by atoms with van der Waals surface area (Å²) in [6.45, 7) is 2.66. The number of rotatable bonds is 4. The summed E-state index contributed by atoms with van der Waals surface area (Å²) in [5.41, 5.74) is 1.23. The zero-order valence-corrected chi connectivity index (χ0v) is 14.7. The highest BCUT2D eigenvalue weighted by Gasteiger charge is 2.39. The molecule has 1 aromatic rings. The van der Waals surface area contributed by atoms with Gasteiger partial charge in [0, 0.05) is 30.8 Å². The fraction of sp³-hybridized carbons (Fsp3) is 0.526. The molecule has 1 aromatic carbocycles. The van der Waals surface area contributed by atoms with Gasteiger partial charge in [-0.15, -0.1) is 0 Å². The third-order valence-electron chi connectivity index (χ3n) is 5.16. The van der Waals surface area contributed by atoms with E-state index in [-0.39, 0.29) is 23.6 Å². The van der Waals surface area contributed by atoms with E-state index in [2.05, 4.69) is 17.6 Å². The average molecular weight is 343 g/mol. The second-order valence-electron chi connectivity index (χ2n) is 7.01. The number of anilines is 1. The van der Waals surface area contributed by atoms with E-state index in [4.69, 9.17) is 0 Å². The number of hydrogen-bond donors (Lipinski definition) is 2. The van der Waals surface area contributed by atoms with Crippen molar-refractivity contribution in [1.29, 1.82) is 0 Å². The summed E-state index contributed by atoms with van der Waals surface area (Å²) >= 11 is 0.